The predicted octanol–water partition coefficient (Wildman–Crippen LogP) is 6.07. The Morgan fingerprint density at radius 3 is 1.21 bits per heavy atom. The summed E-state index contributed by atoms with van der Waals surface area (Å²) in [6.45, 7) is 33.6. The van der Waals surface area contributed by atoms with E-state index < -0.39 is 73.3 Å². The molecule has 81 heavy (non-hydrogen) atoms. The van der Waals surface area contributed by atoms with Gasteiger partial charge in [0.25, 0.3) is 0 Å². The molecule has 2 amide bonds. The Labute approximate surface area is 501 Å². The fraction of sp³-hybridized carbons (Fsp3) is 0.855. The zero-order chi connectivity index (χ0) is 66.2. The normalized spacial score (nSPS) is 13.2. The Morgan fingerprint density at radius 1 is 0.654 bits per heavy atom. The second-order valence-electron chi connectivity index (χ2n) is 19.0. The Bertz CT molecular complexity index is 1390. The van der Waals surface area contributed by atoms with Crippen LogP contribution in [0.1, 0.15) is 169 Å². The van der Waals surface area contributed by atoms with Crippen molar-refractivity contribution in [1.82, 2.24) is 10.6 Å². The van der Waals surface area contributed by atoms with Crippen LogP contribution in [0, 0.1) is 46.8 Å². The molecule has 0 bridgehead atoms. The molecule has 0 aliphatic rings. The number of hydrogen-bond acceptors (Lipinski definition) is 19. The van der Waals surface area contributed by atoms with E-state index in [0.29, 0.717) is 31.3 Å². The molecular formula is C55H123Cl2N5O18Si. The Morgan fingerprint density at radius 2 is 1.01 bits per heavy atom. The summed E-state index contributed by atoms with van der Waals surface area (Å²) in [6, 6.07) is 0.272. The number of nitrogens with two attached hydrogens (primary N) is 2. The van der Waals surface area contributed by atoms with Crippen LogP contribution in [0.15, 0.2) is 0 Å². The maximum Gasteiger partial charge on any atom is 0.321 e. The molecule has 0 aromatic rings. The predicted molar refractivity (Wildman–Crippen MR) is 331 cm³/mol. The van der Waals surface area contributed by atoms with Crippen molar-refractivity contribution in [3.63, 3.8) is 0 Å². The van der Waals surface area contributed by atoms with Gasteiger partial charge in [-0.1, -0.05) is 123 Å². The molecule has 26 heteroatoms. The lowest BCUT2D eigenvalue weighted by molar-refractivity contribution is -0.144. The Balaban J connectivity index is -0.0000000595. The fourth-order valence-corrected chi connectivity index (χ4v) is 5.42. The minimum Gasteiger partial charge on any atom is -0.481 e. The summed E-state index contributed by atoms with van der Waals surface area (Å²) in [6.07, 6.45) is 7.36. The van der Waals surface area contributed by atoms with Gasteiger partial charge in [0, 0.05) is 67.6 Å². The molecule has 23 nitrogen and oxygen atoms in total. The first-order chi connectivity index (χ1) is 37.0. The van der Waals surface area contributed by atoms with Crippen LogP contribution < -0.4 is 22.1 Å². The molecule has 0 rings (SSSR count). The van der Waals surface area contributed by atoms with Crippen LogP contribution in [0.3, 0.4) is 0 Å². The first kappa shape index (κ1) is 106. The summed E-state index contributed by atoms with van der Waals surface area (Å²) < 4.78 is 5.78. The number of carbonyl (C=O) groups is 7. The SMILES string of the molecule is C.CC.CC(CO)CCO.CCC(C)C.CCCC(C)C(C#N)O[Si](C)(C)C.CCCC(C)C=O.CCCC(C)CO.CNC(=O)C(O)C(C)CCO.CNC(=O)C(O)C(N)CCO.CO.NC(CC(=O)O)C(=O)O.O=C(Cl)C(=O)Cl.[HH]. The smallest absolute Gasteiger partial charge is 0.321 e. The standard InChI is InChI=1S/C10H21NOSi.C7H15NO3.C6H14N2O3.C6H14O.C6H12O.C5H12O2.C5H12.C4H7NO4.C2Cl2O2.C2H6.CH4O.CH4.H2/c1-6-7-9(2)10(8-11)12-13(3,4)5;1-5(3-4-9)6(10)7(11)8-2;1-8-6(11)5(10)4(7)2-3-9;2*1-3-4-6(2)5-7;1-5(4-7)2-3-6;1-4-5(2)3;5-2(4(8)9)1-3(6)7;3-1(5)2(4)6;2*1-2;;/h9-10H,6-7H2,1-5H3;5-6,9-10H,3-4H2,1-2H3,(H,8,11);4-5,9-10H,2-3,7H2,1H3,(H,8,11);6-7H,3-5H2,1-2H3;5-6H,3-4H2,1-2H3;5-7H,2-4H2,1H3;5H,4H2,1-3H3;2H,1,5H2,(H,6,7)(H,8,9);;1-2H3;2H,1H3;1H4;1H. The highest BCUT2D eigenvalue weighted by atomic mass is 35.5. The van der Waals surface area contributed by atoms with Gasteiger partial charge in [0.1, 0.15) is 30.6 Å². The van der Waals surface area contributed by atoms with Crippen LogP contribution in [0.2, 0.25) is 19.6 Å². The second-order valence-corrected chi connectivity index (χ2v) is 24.1. The molecule has 0 spiro atoms. The van der Waals surface area contributed by atoms with E-state index in [2.05, 4.69) is 115 Å². The second kappa shape index (κ2) is 78.8. The van der Waals surface area contributed by atoms with E-state index in [4.69, 9.17) is 67.1 Å². The third-order valence-corrected chi connectivity index (χ3v) is 11.0. The van der Waals surface area contributed by atoms with Crippen molar-refractivity contribution in [3.05, 3.63) is 0 Å². The van der Waals surface area contributed by atoms with Gasteiger partial charge in [-0.15, -0.1) is 0 Å². The third-order valence-electron chi connectivity index (χ3n) is 9.58. The highest BCUT2D eigenvalue weighted by molar-refractivity contribution is 6.97. The van der Waals surface area contributed by atoms with Crippen molar-refractivity contribution in [2.45, 2.75) is 218 Å². The van der Waals surface area contributed by atoms with Crippen molar-refractivity contribution in [2.75, 3.05) is 54.2 Å². The molecule has 10 atom stereocenters. The van der Waals surface area contributed by atoms with Crippen LogP contribution in [-0.2, 0) is 38.0 Å². The van der Waals surface area contributed by atoms with Gasteiger partial charge >= 0.3 is 22.4 Å². The molecule has 10 unspecified atom stereocenters. The third kappa shape index (κ3) is 99.2. The van der Waals surface area contributed by atoms with E-state index in [0.717, 1.165) is 51.4 Å². The summed E-state index contributed by atoms with van der Waals surface area (Å²) in [7, 11) is 2.33. The maximum atomic E-state index is 10.8. The zero-order valence-corrected chi connectivity index (χ0v) is 54.8. The van der Waals surface area contributed by atoms with E-state index >= 15 is 0 Å². The van der Waals surface area contributed by atoms with Crippen molar-refractivity contribution in [2.24, 2.45) is 47.0 Å². The summed E-state index contributed by atoms with van der Waals surface area (Å²) in [5.74, 6) is -1.34. The molecule has 494 valence electrons. The quantitative estimate of drug-likeness (QED) is 0.0192. The van der Waals surface area contributed by atoms with Gasteiger partial charge in [-0.25, -0.2) is 0 Å². The van der Waals surface area contributed by atoms with E-state index in [9.17, 15) is 38.7 Å². The number of aliphatic carboxylic acids is 2. The molecule has 0 aromatic carbocycles. The number of carboxylic acids is 2. The van der Waals surface area contributed by atoms with Gasteiger partial charge < -0.3 is 82.4 Å². The van der Waals surface area contributed by atoms with E-state index in [1.807, 2.05) is 27.7 Å². The van der Waals surface area contributed by atoms with E-state index in [-0.39, 0.29) is 65.6 Å². The fourth-order valence-electron chi connectivity index (χ4n) is 4.37. The highest BCUT2D eigenvalue weighted by Crippen LogP contribution is 2.18. The van der Waals surface area contributed by atoms with Gasteiger partial charge in [0.2, 0.25) is 11.8 Å². The Kier molecular flexibility index (Phi) is 103. The maximum absolute atomic E-state index is 10.8. The number of aliphatic hydroxyl groups is 8. The number of amides is 2. The van der Waals surface area contributed by atoms with Crippen LogP contribution >= 0.6 is 23.2 Å². The average Bonchev–Trinajstić information content (AvgIpc) is 3.41. The summed E-state index contributed by atoms with van der Waals surface area (Å²) in [5, 5.41) is 94.5. The molecule has 0 radical (unpaired) electrons. The summed E-state index contributed by atoms with van der Waals surface area (Å²) in [5.41, 5.74) is 10.2. The van der Waals surface area contributed by atoms with Gasteiger partial charge in [-0.2, -0.15) is 5.26 Å². The first-order valence-corrected chi connectivity index (χ1v) is 31.4. The number of carboxylic acid groups (broad SMARTS) is 2. The molecule has 0 fully saturated rings. The van der Waals surface area contributed by atoms with Gasteiger partial charge in [-0.3, -0.25) is 28.8 Å². The van der Waals surface area contributed by atoms with Crippen molar-refractivity contribution in [1.29, 1.82) is 5.26 Å². The first-order valence-electron chi connectivity index (χ1n) is 27.2. The monoisotopic (exact) mass is 1240 g/mol. The number of halogens is 2. The van der Waals surface area contributed by atoms with Gasteiger partial charge in [0.05, 0.1) is 12.5 Å². The average molecular weight is 1240 g/mol. The van der Waals surface area contributed by atoms with Gasteiger partial charge in [0.15, 0.2) is 8.32 Å². The summed E-state index contributed by atoms with van der Waals surface area (Å²) >= 11 is 8.98. The lowest BCUT2D eigenvalue weighted by Crippen LogP contribution is -2.45. The lowest BCUT2D eigenvalue weighted by Gasteiger charge is -2.25. The molecule has 0 saturated heterocycles. The summed E-state index contributed by atoms with van der Waals surface area (Å²) in [4.78, 5) is 69.9. The number of nitrogens with zero attached hydrogens (tertiary/aromatic N) is 1. The van der Waals surface area contributed by atoms with E-state index in [1.54, 1.807) is 6.92 Å². The van der Waals surface area contributed by atoms with Crippen molar-refractivity contribution in [3.8, 4) is 6.07 Å². The van der Waals surface area contributed by atoms with Gasteiger partial charge in [-0.05, 0) is 111 Å². The van der Waals surface area contributed by atoms with Crippen molar-refractivity contribution < 1.29 is 90.5 Å². The Hall–Kier alpha value is -3.26. The molecular weight excluding hydrogens is 1120 g/mol. The lowest BCUT2D eigenvalue weighted by atomic mass is 10.0. The van der Waals surface area contributed by atoms with Crippen molar-refractivity contribution >= 4 is 72.0 Å². The minimum atomic E-state index is -1.56. The number of hydrogen-bond donors (Lipinski definition) is 14. The zero-order valence-electron chi connectivity index (χ0n) is 52.3. The molecule has 0 saturated carbocycles. The molecule has 0 aromatic heterocycles. The largest absolute Gasteiger partial charge is 0.481 e. The number of likely N-dealkylation sites (N-methyl/N-ethyl adjacent to an activating group) is 2. The topological polar surface area (TPSA) is 431 Å². The highest BCUT2D eigenvalue weighted by Gasteiger charge is 2.25. The molecule has 16 N–H and O–H groups in total. The number of nitrogens with one attached hydrogen (secondary N) is 2. The molecule has 0 aliphatic heterocycles. The number of aliphatic hydroxyl groups excluding tert-OH is 8. The number of nitriles is 1. The number of carbonyl (C=O) groups excluding carboxylic acids is 5. The minimum absolute atomic E-state index is 0. The molecule has 0 heterocycles. The van der Waals surface area contributed by atoms with E-state index in [1.165, 1.54) is 26.9 Å². The number of rotatable bonds is 27. The van der Waals surface area contributed by atoms with Crippen LogP contribution in [0.5, 0.6) is 0 Å². The van der Waals surface area contributed by atoms with Crippen LogP contribution in [0.4, 0.5) is 0 Å². The molecule has 0 aliphatic carbocycles. The van der Waals surface area contributed by atoms with Crippen LogP contribution in [0.25, 0.3) is 0 Å². The van der Waals surface area contributed by atoms with Crippen LogP contribution in [-0.4, -0.2) is 185 Å². The number of aldehydes is 1.